The van der Waals surface area contributed by atoms with Gasteiger partial charge < -0.3 is 10.3 Å². The molecule has 4 heteroatoms. The molecule has 0 spiro atoms. The van der Waals surface area contributed by atoms with Crippen molar-refractivity contribution in [3.63, 3.8) is 0 Å². The normalized spacial score (nSPS) is 10.7. The van der Waals surface area contributed by atoms with E-state index in [0.29, 0.717) is 13.0 Å². The van der Waals surface area contributed by atoms with E-state index >= 15 is 0 Å². The lowest BCUT2D eigenvalue weighted by molar-refractivity contribution is 0.658. The van der Waals surface area contributed by atoms with E-state index in [0.717, 1.165) is 24.5 Å². The molecule has 0 bridgehead atoms. The van der Waals surface area contributed by atoms with Crippen molar-refractivity contribution in [2.75, 3.05) is 6.54 Å². The molecule has 1 aromatic carbocycles. The minimum Gasteiger partial charge on any atom is -0.311 e. The van der Waals surface area contributed by atoms with Gasteiger partial charge in [0.2, 0.25) is 0 Å². The van der Waals surface area contributed by atoms with Crippen molar-refractivity contribution in [3.05, 3.63) is 63.3 Å². The molecule has 106 valence electrons. The fourth-order valence-electron chi connectivity index (χ4n) is 2.12. The molecule has 0 aliphatic heterocycles. The largest absolute Gasteiger partial charge is 0.311 e. The third-order valence-electron chi connectivity index (χ3n) is 3.20. The van der Waals surface area contributed by atoms with Crippen LogP contribution in [0.5, 0.6) is 0 Å². The monoisotopic (exact) mass is 271 g/mol. The van der Waals surface area contributed by atoms with Crippen LogP contribution in [0, 0.1) is 6.92 Å². The van der Waals surface area contributed by atoms with Gasteiger partial charge in [-0.3, -0.25) is 4.79 Å². The number of aryl methyl sites for hydroxylation is 1. The van der Waals surface area contributed by atoms with E-state index in [9.17, 15) is 4.79 Å². The highest BCUT2D eigenvalue weighted by molar-refractivity contribution is 5.28. The zero-order valence-corrected chi connectivity index (χ0v) is 12.1. The van der Waals surface area contributed by atoms with Gasteiger partial charge in [-0.15, -0.1) is 0 Å². The second-order valence-electron chi connectivity index (χ2n) is 4.96. The van der Waals surface area contributed by atoms with Crippen molar-refractivity contribution in [2.45, 2.75) is 33.2 Å². The van der Waals surface area contributed by atoms with Crippen molar-refractivity contribution in [1.82, 2.24) is 15.3 Å². The zero-order valence-electron chi connectivity index (χ0n) is 12.1. The minimum absolute atomic E-state index is 0.0862. The smallest absolute Gasteiger partial charge is 0.251 e. The standard InChI is InChI=1S/C16H21N3O/c1-3-8-17-11-14-10-16(20)19-15(18-14)9-13-7-5-4-6-12(13)2/h4-7,10,17H,3,8-9,11H2,1-2H3,(H,18,19,20). The van der Waals surface area contributed by atoms with E-state index < -0.39 is 0 Å². The lowest BCUT2D eigenvalue weighted by atomic mass is 10.1. The maximum absolute atomic E-state index is 11.7. The van der Waals surface area contributed by atoms with Gasteiger partial charge >= 0.3 is 0 Å². The molecule has 0 fully saturated rings. The summed E-state index contributed by atoms with van der Waals surface area (Å²) in [6.07, 6.45) is 1.72. The Morgan fingerprint density at radius 1 is 1.30 bits per heavy atom. The molecule has 0 unspecified atom stereocenters. The topological polar surface area (TPSA) is 57.8 Å². The van der Waals surface area contributed by atoms with E-state index in [1.807, 2.05) is 12.1 Å². The van der Waals surface area contributed by atoms with Gasteiger partial charge in [0.15, 0.2) is 0 Å². The molecule has 0 saturated heterocycles. The molecule has 0 amide bonds. The average Bonchev–Trinajstić information content (AvgIpc) is 2.41. The van der Waals surface area contributed by atoms with Gasteiger partial charge in [0.1, 0.15) is 5.82 Å². The number of aromatic amines is 1. The van der Waals surface area contributed by atoms with Gasteiger partial charge in [-0.2, -0.15) is 0 Å². The van der Waals surface area contributed by atoms with Crippen molar-refractivity contribution in [1.29, 1.82) is 0 Å². The summed E-state index contributed by atoms with van der Waals surface area (Å²) >= 11 is 0. The summed E-state index contributed by atoms with van der Waals surface area (Å²) in [7, 11) is 0. The highest BCUT2D eigenvalue weighted by atomic mass is 16.1. The van der Waals surface area contributed by atoms with Gasteiger partial charge in [0.25, 0.3) is 5.56 Å². The summed E-state index contributed by atoms with van der Waals surface area (Å²) in [6.45, 7) is 5.75. The molecule has 1 aromatic heterocycles. The van der Waals surface area contributed by atoms with Crippen LogP contribution in [-0.4, -0.2) is 16.5 Å². The van der Waals surface area contributed by atoms with Crippen molar-refractivity contribution >= 4 is 0 Å². The van der Waals surface area contributed by atoms with E-state index in [4.69, 9.17) is 0 Å². The van der Waals surface area contributed by atoms with Crippen molar-refractivity contribution in [3.8, 4) is 0 Å². The number of benzene rings is 1. The first-order chi connectivity index (χ1) is 9.69. The highest BCUT2D eigenvalue weighted by Gasteiger charge is 2.04. The summed E-state index contributed by atoms with van der Waals surface area (Å²) < 4.78 is 0. The molecule has 2 rings (SSSR count). The van der Waals surface area contributed by atoms with E-state index in [2.05, 4.69) is 41.3 Å². The van der Waals surface area contributed by atoms with Crippen LogP contribution in [0.15, 0.2) is 35.1 Å². The quantitative estimate of drug-likeness (QED) is 0.792. The summed E-state index contributed by atoms with van der Waals surface area (Å²) in [5.74, 6) is 0.722. The Bertz CT molecular complexity index is 619. The number of aromatic nitrogens is 2. The predicted octanol–water partition coefficient (Wildman–Crippen LogP) is 2.17. The van der Waals surface area contributed by atoms with Gasteiger partial charge in [0.05, 0.1) is 5.69 Å². The fourth-order valence-corrected chi connectivity index (χ4v) is 2.12. The highest BCUT2D eigenvalue weighted by Crippen LogP contribution is 2.10. The first kappa shape index (κ1) is 14.5. The van der Waals surface area contributed by atoms with E-state index in [1.165, 1.54) is 11.1 Å². The molecule has 4 nitrogen and oxygen atoms in total. The molecule has 0 atom stereocenters. The van der Waals surface area contributed by atoms with E-state index in [-0.39, 0.29) is 5.56 Å². The summed E-state index contributed by atoms with van der Waals surface area (Å²) in [5.41, 5.74) is 3.11. The molecule has 0 saturated carbocycles. The van der Waals surface area contributed by atoms with Crippen LogP contribution in [0.1, 0.15) is 36.0 Å². The second-order valence-corrected chi connectivity index (χ2v) is 4.96. The third-order valence-corrected chi connectivity index (χ3v) is 3.20. The Labute approximate surface area is 119 Å². The number of nitrogens with one attached hydrogen (secondary N) is 2. The number of nitrogens with zero attached hydrogens (tertiary/aromatic N) is 1. The van der Waals surface area contributed by atoms with Crippen LogP contribution in [0.4, 0.5) is 0 Å². The van der Waals surface area contributed by atoms with Crippen LogP contribution >= 0.6 is 0 Å². The maximum Gasteiger partial charge on any atom is 0.251 e. The summed E-state index contributed by atoms with van der Waals surface area (Å²) in [4.78, 5) is 19.0. The Morgan fingerprint density at radius 2 is 2.10 bits per heavy atom. The van der Waals surface area contributed by atoms with Crippen molar-refractivity contribution in [2.24, 2.45) is 0 Å². The molecule has 20 heavy (non-hydrogen) atoms. The van der Waals surface area contributed by atoms with Crippen LogP contribution in [0.25, 0.3) is 0 Å². The maximum atomic E-state index is 11.7. The van der Waals surface area contributed by atoms with E-state index in [1.54, 1.807) is 6.07 Å². The average molecular weight is 271 g/mol. The summed E-state index contributed by atoms with van der Waals surface area (Å²) in [6, 6.07) is 9.72. The SMILES string of the molecule is CCCNCc1cc(=O)[nH]c(Cc2ccccc2C)n1. The number of hydrogen-bond donors (Lipinski definition) is 2. The Hall–Kier alpha value is -1.94. The minimum atomic E-state index is -0.0862. The van der Waals surface area contributed by atoms with Gasteiger partial charge in [-0.05, 0) is 31.0 Å². The molecular formula is C16H21N3O. The number of hydrogen-bond acceptors (Lipinski definition) is 3. The number of rotatable bonds is 6. The molecule has 0 aliphatic rings. The zero-order chi connectivity index (χ0) is 14.4. The fraction of sp³-hybridized carbons (Fsp3) is 0.375. The Balaban J connectivity index is 2.16. The molecule has 2 N–H and O–H groups in total. The van der Waals surface area contributed by atoms with Crippen molar-refractivity contribution < 1.29 is 0 Å². The molecule has 2 aromatic rings. The predicted molar refractivity (Wildman–Crippen MR) is 80.8 cm³/mol. The number of H-pyrrole nitrogens is 1. The second kappa shape index (κ2) is 7.01. The third kappa shape index (κ3) is 4.03. The molecular weight excluding hydrogens is 250 g/mol. The molecule has 1 heterocycles. The van der Waals surface area contributed by atoms with Crippen LogP contribution < -0.4 is 10.9 Å². The Kier molecular flexibility index (Phi) is 5.07. The first-order valence-corrected chi connectivity index (χ1v) is 7.03. The summed E-state index contributed by atoms with van der Waals surface area (Å²) in [5, 5.41) is 3.27. The van der Waals surface area contributed by atoms with Crippen LogP contribution in [0.2, 0.25) is 0 Å². The van der Waals surface area contributed by atoms with Crippen LogP contribution in [0.3, 0.4) is 0 Å². The first-order valence-electron chi connectivity index (χ1n) is 7.03. The van der Waals surface area contributed by atoms with Gasteiger partial charge in [0, 0.05) is 19.0 Å². The molecule has 0 radical (unpaired) electrons. The van der Waals surface area contributed by atoms with Gasteiger partial charge in [-0.1, -0.05) is 31.2 Å². The van der Waals surface area contributed by atoms with Crippen LogP contribution in [-0.2, 0) is 13.0 Å². The molecule has 0 aliphatic carbocycles. The lowest BCUT2D eigenvalue weighted by Gasteiger charge is -2.07. The Morgan fingerprint density at radius 3 is 2.85 bits per heavy atom. The lowest BCUT2D eigenvalue weighted by Crippen LogP contribution is -2.19. The van der Waals surface area contributed by atoms with Gasteiger partial charge in [-0.25, -0.2) is 4.98 Å².